The van der Waals surface area contributed by atoms with Crippen molar-refractivity contribution in [2.24, 2.45) is 5.92 Å². The van der Waals surface area contributed by atoms with Gasteiger partial charge in [-0.1, -0.05) is 12.2 Å². The fraction of sp³-hybridized carbons (Fsp3) is 0.571. The van der Waals surface area contributed by atoms with Gasteiger partial charge in [-0.2, -0.15) is 0 Å². The fourth-order valence-corrected chi connectivity index (χ4v) is 1.20. The number of aliphatic hydroxyl groups is 1. The first-order chi connectivity index (χ1) is 5.22. The SMILES string of the molecule is [B]C(=O)N[C@@H]1C=C[C@H](CO)C1. The van der Waals surface area contributed by atoms with Crippen LogP contribution in [0.15, 0.2) is 12.2 Å². The minimum atomic E-state index is -0.516. The van der Waals surface area contributed by atoms with Gasteiger partial charge in [0.1, 0.15) is 0 Å². The molecule has 0 aromatic heterocycles. The molecule has 1 aliphatic rings. The third-order valence-corrected chi connectivity index (χ3v) is 1.73. The van der Waals surface area contributed by atoms with E-state index in [1.807, 2.05) is 12.2 Å². The summed E-state index contributed by atoms with van der Waals surface area (Å²) in [6.45, 7) is 0.132. The second-order valence-corrected chi connectivity index (χ2v) is 2.68. The first-order valence-electron chi connectivity index (χ1n) is 3.57. The first-order valence-corrected chi connectivity index (χ1v) is 3.57. The molecule has 0 unspecified atom stereocenters. The van der Waals surface area contributed by atoms with Gasteiger partial charge in [-0.3, -0.25) is 4.79 Å². The predicted octanol–water partition coefficient (Wildman–Crippen LogP) is -0.199. The predicted molar refractivity (Wildman–Crippen MR) is 42.4 cm³/mol. The summed E-state index contributed by atoms with van der Waals surface area (Å²) < 4.78 is 0. The van der Waals surface area contributed by atoms with Crippen LogP contribution in [0.5, 0.6) is 0 Å². The van der Waals surface area contributed by atoms with Crippen molar-refractivity contribution in [3.63, 3.8) is 0 Å². The van der Waals surface area contributed by atoms with E-state index in [1.165, 1.54) is 0 Å². The van der Waals surface area contributed by atoms with Crippen LogP contribution in [0, 0.1) is 5.92 Å². The van der Waals surface area contributed by atoms with Crippen molar-refractivity contribution in [3.8, 4) is 0 Å². The first kappa shape index (κ1) is 8.33. The van der Waals surface area contributed by atoms with Crippen molar-refractivity contribution in [2.75, 3.05) is 6.61 Å². The summed E-state index contributed by atoms with van der Waals surface area (Å²) in [5.41, 5.74) is 0. The number of amides is 1. The molecule has 2 N–H and O–H groups in total. The van der Waals surface area contributed by atoms with Crippen molar-refractivity contribution < 1.29 is 9.90 Å². The number of aliphatic hydroxyl groups excluding tert-OH is 1. The Morgan fingerprint density at radius 1 is 1.73 bits per heavy atom. The molecule has 0 bridgehead atoms. The highest BCUT2D eigenvalue weighted by Crippen LogP contribution is 2.16. The molecule has 11 heavy (non-hydrogen) atoms. The Morgan fingerprint density at radius 2 is 2.45 bits per heavy atom. The second kappa shape index (κ2) is 3.58. The van der Waals surface area contributed by atoms with Gasteiger partial charge in [-0.15, -0.1) is 0 Å². The molecule has 0 heterocycles. The van der Waals surface area contributed by atoms with E-state index in [2.05, 4.69) is 5.32 Å². The van der Waals surface area contributed by atoms with Crippen LogP contribution in [-0.4, -0.2) is 31.4 Å². The number of nitrogens with one attached hydrogen (secondary N) is 1. The quantitative estimate of drug-likeness (QED) is 0.424. The molecular weight excluding hydrogens is 141 g/mol. The Hall–Kier alpha value is -0.765. The molecule has 2 radical (unpaired) electrons. The molecule has 0 aromatic carbocycles. The minimum Gasteiger partial charge on any atom is -0.396 e. The van der Waals surface area contributed by atoms with Crippen molar-refractivity contribution in [1.29, 1.82) is 0 Å². The highest BCUT2D eigenvalue weighted by atomic mass is 16.3. The number of hydrogen-bond donors (Lipinski definition) is 2. The summed E-state index contributed by atoms with van der Waals surface area (Å²) >= 11 is 0. The van der Waals surface area contributed by atoms with E-state index in [1.54, 1.807) is 0 Å². The Labute approximate surface area is 66.9 Å². The van der Waals surface area contributed by atoms with E-state index >= 15 is 0 Å². The van der Waals surface area contributed by atoms with Gasteiger partial charge in [0.15, 0.2) is 5.81 Å². The molecule has 0 fully saturated rings. The van der Waals surface area contributed by atoms with Crippen molar-refractivity contribution in [2.45, 2.75) is 12.5 Å². The molecule has 1 amide bonds. The average molecular weight is 151 g/mol. The molecule has 0 saturated heterocycles. The standard InChI is InChI=1S/C7H10BNO2/c8-7(11)9-6-2-1-5(3-6)4-10/h1-2,5-6,10H,3-4H2,(H,9,11)/t5-,6+/m0/s1. The van der Waals surface area contributed by atoms with Crippen LogP contribution < -0.4 is 5.32 Å². The van der Waals surface area contributed by atoms with Crippen LogP contribution in [-0.2, 0) is 0 Å². The lowest BCUT2D eigenvalue weighted by atomic mass is 10.1. The van der Waals surface area contributed by atoms with Crippen LogP contribution >= 0.6 is 0 Å². The van der Waals surface area contributed by atoms with Gasteiger partial charge in [0.2, 0.25) is 7.85 Å². The zero-order valence-electron chi connectivity index (χ0n) is 6.16. The van der Waals surface area contributed by atoms with E-state index in [0.29, 0.717) is 0 Å². The molecule has 1 aliphatic carbocycles. The lowest BCUT2D eigenvalue weighted by Crippen LogP contribution is -2.31. The average Bonchev–Trinajstić information content (AvgIpc) is 2.34. The maximum Gasteiger partial charge on any atom is 0.200 e. The summed E-state index contributed by atoms with van der Waals surface area (Å²) in [6, 6.07) is 0.00431. The Morgan fingerprint density at radius 3 is 2.91 bits per heavy atom. The normalized spacial score (nSPS) is 28.8. The van der Waals surface area contributed by atoms with E-state index in [4.69, 9.17) is 13.0 Å². The van der Waals surface area contributed by atoms with E-state index in [-0.39, 0.29) is 18.6 Å². The van der Waals surface area contributed by atoms with Gasteiger partial charge in [-0.25, -0.2) is 0 Å². The summed E-state index contributed by atoms with van der Waals surface area (Å²) in [6.07, 6.45) is 4.49. The van der Waals surface area contributed by atoms with Crippen molar-refractivity contribution in [3.05, 3.63) is 12.2 Å². The third kappa shape index (κ3) is 2.39. The van der Waals surface area contributed by atoms with Crippen LogP contribution in [0.25, 0.3) is 0 Å². The fourth-order valence-electron chi connectivity index (χ4n) is 1.20. The summed E-state index contributed by atoms with van der Waals surface area (Å²) in [5.74, 6) is -0.343. The topological polar surface area (TPSA) is 49.3 Å². The molecule has 1 rings (SSSR count). The summed E-state index contributed by atoms with van der Waals surface area (Å²) in [7, 11) is 4.91. The van der Waals surface area contributed by atoms with Gasteiger partial charge in [-0.05, 0) is 6.42 Å². The smallest absolute Gasteiger partial charge is 0.200 e. The zero-order valence-corrected chi connectivity index (χ0v) is 6.16. The van der Waals surface area contributed by atoms with Gasteiger partial charge >= 0.3 is 0 Å². The van der Waals surface area contributed by atoms with Gasteiger partial charge in [0.25, 0.3) is 0 Å². The monoisotopic (exact) mass is 151 g/mol. The number of hydrogen-bond acceptors (Lipinski definition) is 2. The van der Waals surface area contributed by atoms with Crippen LogP contribution in [0.4, 0.5) is 4.79 Å². The maximum atomic E-state index is 10.4. The molecule has 0 aromatic rings. The lowest BCUT2D eigenvalue weighted by Gasteiger charge is -2.10. The molecule has 4 heteroatoms. The second-order valence-electron chi connectivity index (χ2n) is 2.68. The van der Waals surface area contributed by atoms with Crippen LogP contribution in [0.2, 0.25) is 0 Å². The summed E-state index contributed by atoms with van der Waals surface area (Å²) in [4.78, 5) is 10.4. The molecular formula is C7H10BNO2. The molecule has 58 valence electrons. The van der Waals surface area contributed by atoms with Gasteiger partial charge in [0.05, 0.1) is 0 Å². The maximum absolute atomic E-state index is 10.4. The van der Waals surface area contributed by atoms with Crippen molar-refractivity contribution in [1.82, 2.24) is 5.32 Å². The van der Waals surface area contributed by atoms with Crippen molar-refractivity contribution >= 4 is 13.7 Å². The molecule has 0 saturated carbocycles. The number of rotatable bonds is 2. The third-order valence-electron chi connectivity index (χ3n) is 1.73. The highest BCUT2D eigenvalue weighted by Gasteiger charge is 2.17. The zero-order chi connectivity index (χ0) is 8.27. The largest absolute Gasteiger partial charge is 0.396 e. The number of carbonyl (C=O) groups is 1. The van der Waals surface area contributed by atoms with Gasteiger partial charge < -0.3 is 10.4 Å². The highest BCUT2D eigenvalue weighted by molar-refractivity contribution is 6.57. The van der Waals surface area contributed by atoms with E-state index < -0.39 is 5.81 Å². The Kier molecular flexibility index (Phi) is 2.71. The van der Waals surface area contributed by atoms with Crippen LogP contribution in [0.1, 0.15) is 6.42 Å². The van der Waals surface area contributed by atoms with E-state index in [0.717, 1.165) is 6.42 Å². The summed E-state index contributed by atoms with van der Waals surface area (Å²) in [5, 5.41) is 11.3. The minimum absolute atomic E-state index is 0.00431. The molecule has 3 nitrogen and oxygen atoms in total. The van der Waals surface area contributed by atoms with E-state index in [9.17, 15) is 4.79 Å². The number of carbonyl (C=O) groups excluding carboxylic acids is 1. The lowest BCUT2D eigenvalue weighted by molar-refractivity contribution is 0.241. The van der Waals surface area contributed by atoms with Crippen LogP contribution in [0.3, 0.4) is 0 Å². The molecule has 0 aliphatic heterocycles. The Balaban J connectivity index is 2.32. The molecule has 2 atom stereocenters. The molecule has 0 spiro atoms. The van der Waals surface area contributed by atoms with Gasteiger partial charge in [0, 0.05) is 18.6 Å². The Bertz CT molecular complexity index is 181.